The van der Waals surface area contributed by atoms with Crippen molar-refractivity contribution in [2.24, 2.45) is 0 Å². The van der Waals surface area contributed by atoms with E-state index in [4.69, 9.17) is 5.26 Å². The lowest BCUT2D eigenvalue weighted by atomic mass is 10.3. The highest BCUT2D eigenvalue weighted by Crippen LogP contribution is 2.16. The van der Waals surface area contributed by atoms with Crippen LogP contribution in [0.1, 0.15) is 25.5 Å². The van der Waals surface area contributed by atoms with E-state index in [2.05, 4.69) is 9.82 Å². The fourth-order valence-electron chi connectivity index (χ4n) is 1.03. The normalized spacial score (nSPS) is 11.8. The maximum atomic E-state index is 11.6. The van der Waals surface area contributed by atoms with E-state index < -0.39 is 10.2 Å². The SMILES string of the molecule is CC(C)n1cc(C#N)c(NS(=O)(=O)N(C)C)n1. The highest BCUT2D eigenvalue weighted by Gasteiger charge is 2.18. The molecule has 0 aromatic carbocycles. The van der Waals surface area contributed by atoms with Gasteiger partial charge in [-0.2, -0.15) is 23.1 Å². The molecular formula is C9H15N5O2S. The largest absolute Gasteiger partial charge is 0.302 e. The Morgan fingerprint density at radius 2 is 2.12 bits per heavy atom. The van der Waals surface area contributed by atoms with Crippen LogP contribution in [0.4, 0.5) is 5.82 Å². The molecule has 0 fully saturated rings. The lowest BCUT2D eigenvalue weighted by Crippen LogP contribution is -2.29. The molecule has 0 saturated heterocycles. The predicted octanol–water partition coefficient (Wildman–Crippen LogP) is 0.554. The molecule has 1 aromatic heterocycles. The van der Waals surface area contributed by atoms with Crippen molar-refractivity contribution in [3.8, 4) is 6.07 Å². The van der Waals surface area contributed by atoms with E-state index in [0.29, 0.717) is 0 Å². The molecule has 0 spiro atoms. The highest BCUT2D eigenvalue weighted by atomic mass is 32.2. The van der Waals surface area contributed by atoms with Gasteiger partial charge in [-0.15, -0.1) is 0 Å². The average molecular weight is 257 g/mol. The number of nitrogens with one attached hydrogen (secondary N) is 1. The van der Waals surface area contributed by atoms with Crippen molar-refractivity contribution in [2.45, 2.75) is 19.9 Å². The minimum absolute atomic E-state index is 0.0508. The molecule has 1 aromatic rings. The van der Waals surface area contributed by atoms with E-state index in [1.54, 1.807) is 0 Å². The summed E-state index contributed by atoms with van der Waals surface area (Å²) in [6, 6.07) is 1.96. The highest BCUT2D eigenvalue weighted by molar-refractivity contribution is 7.90. The third-order valence-corrected chi connectivity index (χ3v) is 3.50. The molecule has 7 nitrogen and oxygen atoms in total. The Balaban J connectivity index is 3.12. The van der Waals surface area contributed by atoms with Crippen molar-refractivity contribution in [3.63, 3.8) is 0 Å². The third-order valence-electron chi connectivity index (χ3n) is 2.09. The molecule has 0 unspecified atom stereocenters. The summed E-state index contributed by atoms with van der Waals surface area (Å²) in [5.74, 6) is 0.0508. The topological polar surface area (TPSA) is 91.0 Å². The zero-order valence-electron chi connectivity index (χ0n) is 10.2. The van der Waals surface area contributed by atoms with Gasteiger partial charge in [0.1, 0.15) is 11.6 Å². The quantitative estimate of drug-likeness (QED) is 0.852. The molecule has 0 aliphatic rings. The van der Waals surface area contributed by atoms with Crippen LogP contribution in [0.5, 0.6) is 0 Å². The average Bonchev–Trinajstić information content (AvgIpc) is 2.60. The molecule has 8 heteroatoms. The summed E-state index contributed by atoms with van der Waals surface area (Å²) in [5.41, 5.74) is 0.198. The zero-order valence-corrected chi connectivity index (χ0v) is 11.0. The van der Waals surface area contributed by atoms with Crippen molar-refractivity contribution in [3.05, 3.63) is 11.8 Å². The van der Waals surface area contributed by atoms with E-state index in [-0.39, 0.29) is 17.4 Å². The van der Waals surface area contributed by atoms with Gasteiger partial charge < -0.3 is 0 Å². The molecule has 1 N–H and O–H groups in total. The summed E-state index contributed by atoms with van der Waals surface area (Å²) >= 11 is 0. The first-order valence-electron chi connectivity index (χ1n) is 4.97. The van der Waals surface area contributed by atoms with Gasteiger partial charge in [0.15, 0.2) is 5.82 Å². The van der Waals surface area contributed by atoms with E-state index in [0.717, 1.165) is 4.31 Å². The number of nitrogens with zero attached hydrogens (tertiary/aromatic N) is 4. The number of nitriles is 1. The number of aromatic nitrogens is 2. The molecule has 1 heterocycles. The van der Waals surface area contributed by atoms with Gasteiger partial charge in [0, 0.05) is 26.3 Å². The lowest BCUT2D eigenvalue weighted by Gasteiger charge is -2.11. The smallest absolute Gasteiger partial charge is 0.267 e. The second kappa shape index (κ2) is 4.73. The van der Waals surface area contributed by atoms with Crippen LogP contribution in [0.3, 0.4) is 0 Å². The van der Waals surface area contributed by atoms with Crippen LogP contribution in [0.15, 0.2) is 6.20 Å². The second-order valence-corrected chi connectivity index (χ2v) is 5.85. The van der Waals surface area contributed by atoms with Gasteiger partial charge in [-0.05, 0) is 13.8 Å². The Bertz CT molecular complexity index is 538. The fraction of sp³-hybridized carbons (Fsp3) is 0.556. The Kier molecular flexibility index (Phi) is 3.75. The molecular weight excluding hydrogens is 242 g/mol. The monoisotopic (exact) mass is 257 g/mol. The van der Waals surface area contributed by atoms with Crippen LogP contribution in [0, 0.1) is 11.3 Å². The summed E-state index contributed by atoms with van der Waals surface area (Å²) in [4.78, 5) is 0. The van der Waals surface area contributed by atoms with E-state index in [1.165, 1.54) is 25.0 Å². The van der Waals surface area contributed by atoms with Gasteiger partial charge in [-0.1, -0.05) is 0 Å². The van der Waals surface area contributed by atoms with Crippen LogP contribution >= 0.6 is 0 Å². The minimum Gasteiger partial charge on any atom is -0.267 e. The number of rotatable bonds is 4. The fourth-order valence-corrected chi connectivity index (χ4v) is 1.60. The van der Waals surface area contributed by atoms with Gasteiger partial charge in [-0.25, -0.2) is 0 Å². The van der Waals surface area contributed by atoms with Crippen molar-refractivity contribution in [2.75, 3.05) is 18.8 Å². The molecule has 0 amide bonds. The maximum Gasteiger partial charge on any atom is 0.302 e. The molecule has 0 atom stereocenters. The van der Waals surface area contributed by atoms with Crippen molar-refractivity contribution >= 4 is 16.0 Å². The van der Waals surface area contributed by atoms with Gasteiger partial charge in [-0.3, -0.25) is 9.40 Å². The standard InChI is InChI=1S/C9H15N5O2S/c1-7(2)14-6-8(5-10)9(11-14)12-17(15,16)13(3)4/h6-7H,1-4H3,(H,11,12). The summed E-state index contributed by atoms with van der Waals surface area (Å²) in [5, 5.41) is 12.9. The number of anilines is 1. The molecule has 0 saturated carbocycles. The van der Waals surface area contributed by atoms with Crippen molar-refractivity contribution in [1.82, 2.24) is 14.1 Å². The van der Waals surface area contributed by atoms with Crippen LogP contribution < -0.4 is 4.72 Å². The van der Waals surface area contributed by atoms with E-state index in [1.807, 2.05) is 19.9 Å². The molecule has 0 radical (unpaired) electrons. The van der Waals surface area contributed by atoms with Crippen molar-refractivity contribution < 1.29 is 8.42 Å². The molecule has 0 aliphatic heterocycles. The van der Waals surface area contributed by atoms with Gasteiger partial charge >= 0.3 is 10.2 Å². The van der Waals surface area contributed by atoms with Crippen LogP contribution in [0.2, 0.25) is 0 Å². The molecule has 0 aliphatic carbocycles. The molecule has 94 valence electrons. The number of hydrogen-bond acceptors (Lipinski definition) is 4. The van der Waals surface area contributed by atoms with Gasteiger partial charge in [0.05, 0.1) is 0 Å². The van der Waals surface area contributed by atoms with Gasteiger partial charge in [0.2, 0.25) is 0 Å². The molecule has 17 heavy (non-hydrogen) atoms. The Morgan fingerprint density at radius 1 is 1.53 bits per heavy atom. The van der Waals surface area contributed by atoms with Gasteiger partial charge in [0.25, 0.3) is 0 Å². The summed E-state index contributed by atoms with van der Waals surface area (Å²) in [7, 11) is -0.847. The first-order valence-corrected chi connectivity index (χ1v) is 6.41. The minimum atomic E-state index is -3.64. The second-order valence-electron chi connectivity index (χ2n) is 3.97. The maximum absolute atomic E-state index is 11.6. The van der Waals surface area contributed by atoms with E-state index >= 15 is 0 Å². The van der Waals surface area contributed by atoms with Crippen LogP contribution in [0.25, 0.3) is 0 Å². The third kappa shape index (κ3) is 2.95. The predicted molar refractivity (Wildman–Crippen MR) is 63.6 cm³/mol. The van der Waals surface area contributed by atoms with Crippen LogP contribution in [-0.4, -0.2) is 36.6 Å². The first kappa shape index (κ1) is 13.5. The summed E-state index contributed by atoms with van der Waals surface area (Å²) in [6.45, 7) is 3.77. The number of hydrogen-bond donors (Lipinski definition) is 1. The van der Waals surface area contributed by atoms with E-state index in [9.17, 15) is 8.42 Å². The Hall–Kier alpha value is -1.59. The Labute approximate surface area is 101 Å². The lowest BCUT2D eigenvalue weighted by molar-refractivity contribution is 0.523. The summed E-state index contributed by atoms with van der Waals surface area (Å²) in [6.07, 6.45) is 1.51. The van der Waals surface area contributed by atoms with Crippen molar-refractivity contribution in [1.29, 1.82) is 5.26 Å². The molecule has 1 rings (SSSR count). The Morgan fingerprint density at radius 3 is 2.53 bits per heavy atom. The molecule has 0 bridgehead atoms. The first-order chi connectivity index (χ1) is 7.77. The zero-order chi connectivity index (χ0) is 13.2. The van der Waals surface area contributed by atoms with Crippen LogP contribution in [-0.2, 0) is 10.2 Å². The summed E-state index contributed by atoms with van der Waals surface area (Å²) < 4.78 is 28.0.